The fourth-order valence-corrected chi connectivity index (χ4v) is 3.30. The maximum absolute atomic E-state index is 12.8. The third-order valence-corrected chi connectivity index (χ3v) is 4.66. The molecule has 0 aliphatic carbocycles. The molecule has 2 aromatic rings. The van der Waals surface area contributed by atoms with Gasteiger partial charge in [-0.15, -0.1) is 0 Å². The molecule has 2 N–H and O–H groups in total. The maximum atomic E-state index is 12.8. The lowest BCUT2D eigenvalue weighted by Crippen LogP contribution is -2.35. The molecule has 0 radical (unpaired) electrons. The molecule has 0 spiro atoms. The number of carbonyl (C=O) groups excluding carboxylic acids is 2. The standard InChI is InChI=1S/C19H23N5O3/c1-11-14(12(2)22-21-11)17(25)15-16(13-7-5-6-8-20-13)24(10-9-23(3)4)19(27)18(15)26/h5-8,16,25H,9-10H2,1-4H3,(H,21,22)/t16-/m0/s1. The van der Waals surface area contributed by atoms with Crippen LogP contribution in [0.15, 0.2) is 30.0 Å². The van der Waals surface area contributed by atoms with E-state index in [2.05, 4.69) is 15.2 Å². The summed E-state index contributed by atoms with van der Waals surface area (Å²) in [7, 11) is 3.79. The Morgan fingerprint density at radius 2 is 2.04 bits per heavy atom. The van der Waals surface area contributed by atoms with Crippen LogP contribution >= 0.6 is 0 Å². The second kappa shape index (κ2) is 7.32. The highest BCUT2D eigenvalue weighted by molar-refractivity contribution is 6.46. The summed E-state index contributed by atoms with van der Waals surface area (Å²) in [5.41, 5.74) is 2.22. The summed E-state index contributed by atoms with van der Waals surface area (Å²) in [6, 6.07) is 4.57. The number of aliphatic hydroxyl groups is 1. The molecule has 0 saturated carbocycles. The molecule has 1 amide bonds. The Hall–Kier alpha value is -3.00. The van der Waals surface area contributed by atoms with Crippen LogP contribution in [0.4, 0.5) is 0 Å². The van der Waals surface area contributed by atoms with Gasteiger partial charge < -0.3 is 14.9 Å². The second-order valence-electron chi connectivity index (χ2n) is 6.86. The zero-order chi connectivity index (χ0) is 19.7. The first-order valence-electron chi connectivity index (χ1n) is 8.69. The molecule has 1 aliphatic rings. The number of Topliss-reactive ketones (excluding diaryl/α,β-unsaturated/α-hetero) is 1. The minimum atomic E-state index is -0.736. The number of hydrogen-bond donors (Lipinski definition) is 2. The van der Waals surface area contributed by atoms with Crippen molar-refractivity contribution in [2.75, 3.05) is 27.2 Å². The highest BCUT2D eigenvalue weighted by Crippen LogP contribution is 2.39. The van der Waals surface area contributed by atoms with Crippen LogP contribution in [0, 0.1) is 13.8 Å². The van der Waals surface area contributed by atoms with E-state index >= 15 is 0 Å². The van der Waals surface area contributed by atoms with E-state index in [0.29, 0.717) is 35.7 Å². The molecule has 27 heavy (non-hydrogen) atoms. The van der Waals surface area contributed by atoms with Crippen molar-refractivity contribution in [3.8, 4) is 0 Å². The van der Waals surface area contributed by atoms with Crippen LogP contribution in [0.1, 0.15) is 28.7 Å². The molecule has 3 rings (SSSR count). The van der Waals surface area contributed by atoms with Gasteiger partial charge in [0.05, 0.1) is 22.5 Å². The Morgan fingerprint density at radius 3 is 2.59 bits per heavy atom. The summed E-state index contributed by atoms with van der Waals surface area (Å²) < 4.78 is 0. The van der Waals surface area contributed by atoms with Gasteiger partial charge >= 0.3 is 0 Å². The molecule has 0 unspecified atom stereocenters. The smallest absolute Gasteiger partial charge is 0.295 e. The average molecular weight is 369 g/mol. The maximum Gasteiger partial charge on any atom is 0.295 e. The summed E-state index contributed by atoms with van der Waals surface area (Å²) in [5, 5.41) is 17.8. The number of nitrogens with one attached hydrogen (secondary N) is 1. The molecule has 0 aromatic carbocycles. The van der Waals surface area contributed by atoms with Crippen molar-refractivity contribution in [2.45, 2.75) is 19.9 Å². The van der Waals surface area contributed by atoms with Crippen LogP contribution in [0.3, 0.4) is 0 Å². The average Bonchev–Trinajstić information content (AvgIpc) is 3.10. The van der Waals surface area contributed by atoms with Gasteiger partial charge in [0, 0.05) is 25.0 Å². The third kappa shape index (κ3) is 3.35. The van der Waals surface area contributed by atoms with Gasteiger partial charge in [0.2, 0.25) is 0 Å². The molecule has 1 atom stereocenters. The number of nitrogens with zero attached hydrogens (tertiary/aromatic N) is 4. The molecular weight excluding hydrogens is 346 g/mol. The number of H-pyrrole nitrogens is 1. The summed E-state index contributed by atoms with van der Waals surface area (Å²) in [6.45, 7) is 4.42. The van der Waals surface area contributed by atoms with Crippen LogP contribution in [-0.4, -0.2) is 69.0 Å². The highest BCUT2D eigenvalue weighted by atomic mass is 16.3. The number of amides is 1. The van der Waals surface area contributed by atoms with E-state index in [1.165, 1.54) is 4.90 Å². The van der Waals surface area contributed by atoms with Crippen molar-refractivity contribution in [1.29, 1.82) is 0 Å². The molecule has 3 heterocycles. The Morgan fingerprint density at radius 1 is 1.30 bits per heavy atom. The monoisotopic (exact) mass is 369 g/mol. The number of hydrogen-bond acceptors (Lipinski definition) is 6. The van der Waals surface area contributed by atoms with Crippen molar-refractivity contribution in [1.82, 2.24) is 25.0 Å². The Balaban J connectivity index is 2.17. The zero-order valence-electron chi connectivity index (χ0n) is 15.9. The number of aromatic amines is 1. The van der Waals surface area contributed by atoms with E-state index in [0.717, 1.165) is 0 Å². The topological polar surface area (TPSA) is 102 Å². The van der Waals surface area contributed by atoms with Crippen LogP contribution in [0.25, 0.3) is 5.76 Å². The number of aliphatic hydroxyl groups excluding tert-OH is 1. The first kappa shape index (κ1) is 18.8. The fourth-order valence-electron chi connectivity index (χ4n) is 3.30. The van der Waals surface area contributed by atoms with Crippen molar-refractivity contribution in [3.63, 3.8) is 0 Å². The number of rotatable bonds is 5. The molecule has 1 saturated heterocycles. The number of aryl methyl sites for hydroxylation is 2. The van der Waals surface area contributed by atoms with E-state index in [9.17, 15) is 14.7 Å². The number of ketones is 1. The lowest BCUT2D eigenvalue weighted by molar-refractivity contribution is -0.140. The minimum absolute atomic E-state index is 0.0463. The van der Waals surface area contributed by atoms with Crippen LogP contribution in [0.2, 0.25) is 0 Å². The summed E-state index contributed by atoms with van der Waals surface area (Å²) in [5.74, 6) is -1.56. The Labute approximate surface area is 157 Å². The molecule has 1 fully saturated rings. The molecule has 1 aliphatic heterocycles. The fraction of sp³-hybridized carbons (Fsp3) is 0.368. The summed E-state index contributed by atoms with van der Waals surface area (Å²) in [4.78, 5) is 33.3. The SMILES string of the molecule is Cc1n[nH]c(C)c1C(O)=C1C(=O)C(=O)N(CCN(C)C)[C@H]1c1ccccn1. The largest absolute Gasteiger partial charge is 0.507 e. The van der Waals surface area contributed by atoms with E-state index in [4.69, 9.17) is 0 Å². The molecule has 8 heteroatoms. The molecule has 8 nitrogen and oxygen atoms in total. The predicted molar refractivity (Wildman–Crippen MR) is 99.9 cm³/mol. The quantitative estimate of drug-likeness (QED) is 0.469. The van der Waals surface area contributed by atoms with E-state index in [-0.39, 0.29) is 11.3 Å². The molecule has 142 valence electrons. The van der Waals surface area contributed by atoms with Gasteiger partial charge in [0.25, 0.3) is 11.7 Å². The zero-order valence-corrected chi connectivity index (χ0v) is 15.9. The first-order chi connectivity index (χ1) is 12.8. The lowest BCUT2D eigenvalue weighted by Gasteiger charge is -2.25. The van der Waals surface area contributed by atoms with Gasteiger partial charge in [-0.2, -0.15) is 5.10 Å². The van der Waals surface area contributed by atoms with E-state index < -0.39 is 17.7 Å². The first-order valence-corrected chi connectivity index (χ1v) is 8.69. The van der Waals surface area contributed by atoms with Gasteiger partial charge in [0.1, 0.15) is 11.8 Å². The molecule has 0 bridgehead atoms. The number of likely N-dealkylation sites (tertiary alicyclic amines) is 1. The van der Waals surface area contributed by atoms with Gasteiger partial charge in [0.15, 0.2) is 0 Å². The second-order valence-corrected chi connectivity index (χ2v) is 6.86. The van der Waals surface area contributed by atoms with Gasteiger partial charge in [-0.1, -0.05) is 6.07 Å². The summed E-state index contributed by atoms with van der Waals surface area (Å²) >= 11 is 0. The number of likely N-dealkylation sites (N-methyl/N-ethyl adjacent to an activating group) is 1. The van der Waals surface area contributed by atoms with Crippen LogP contribution in [0.5, 0.6) is 0 Å². The summed E-state index contributed by atoms with van der Waals surface area (Å²) in [6.07, 6.45) is 1.61. The van der Waals surface area contributed by atoms with Crippen LogP contribution in [-0.2, 0) is 9.59 Å². The number of carbonyl (C=O) groups is 2. The van der Waals surface area contributed by atoms with E-state index in [1.54, 1.807) is 38.2 Å². The Bertz CT molecular complexity index is 882. The van der Waals surface area contributed by atoms with E-state index in [1.807, 2.05) is 19.0 Å². The van der Waals surface area contributed by atoms with Gasteiger partial charge in [-0.25, -0.2) is 0 Å². The van der Waals surface area contributed by atoms with Crippen molar-refractivity contribution in [2.24, 2.45) is 0 Å². The van der Waals surface area contributed by atoms with Gasteiger partial charge in [-0.05, 0) is 40.1 Å². The van der Waals surface area contributed by atoms with Gasteiger partial charge in [-0.3, -0.25) is 19.7 Å². The predicted octanol–water partition coefficient (Wildman–Crippen LogP) is 1.40. The number of aromatic nitrogens is 3. The normalized spacial score (nSPS) is 19.3. The Kier molecular flexibility index (Phi) is 5.09. The molecule has 2 aromatic heterocycles. The van der Waals surface area contributed by atoms with Crippen molar-refractivity contribution in [3.05, 3.63) is 52.6 Å². The van der Waals surface area contributed by atoms with Crippen molar-refractivity contribution < 1.29 is 14.7 Å². The molecular formula is C19H23N5O3. The number of pyridine rings is 1. The minimum Gasteiger partial charge on any atom is -0.507 e. The lowest BCUT2D eigenvalue weighted by atomic mass is 9.97. The third-order valence-electron chi connectivity index (χ3n) is 4.66. The van der Waals surface area contributed by atoms with Crippen LogP contribution < -0.4 is 0 Å². The highest BCUT2D eigenvalue weighted by Gasteiger charge is 2.46. The van der Waals surface area contributed by atoms with Crippen molar-refractivity contribution >= 4 is 17.4 Å².